The van der Waals surface area contributed by atoms with Gasteiger partial charge < -0.3 is 0 Å². The Morgan fingerprint density at radius 1 is 0.840 bits per heavy atom. The van der Waals surface area contributed by atoms with E-state index in [2.05, 4.69) is 90.8 Å². The summed E-state index contributed by atoms with van der Waals surface area (Å²) in [7, 11) is 0. The Balaban J connectivity index is 1.66. The number of thioether (sulfide) groups is 1. The molecule has 0 bridgehead atoms. The Hall–Kier alpha value is -2.23. The Labute approximate surface area is 152 Å². The maximum absolute atomic E-state index is 6.66. The third-order valence-corrected chi connectivity index (χ3v) is 6.77. The smallest absolute Gasteiger partial charge is 0.134 e. The number of rotatable bonds is 2. The van der Waals surface area contributed by atoms with E-state index < -0.39 is 0 Å². The normalized spacial score (nSPS) is 27.2. The van der Waals surface area contributed by atoms with Gasteiger partial charge in [0, 0.05) is 10.5 Å². The van der Waals surface area contributed by atoms with E-state index in [-0.39, 0.29) is 11.6 Å². The average molecular weight is 345 g/mol. The maximum Gasteiger partial charge on any atom is 0.134 e. The molecule has 2 heterocycles. The first-order valence-corrected chi connectivity index (χ1v) is 9.50. The van der Waals surface area contributed by atoms with Crippen molar-refractivity contribution < 1.29 is 4.84 Å². The number of anilines is 1. The topological polar surface area (TPSA) is 12.5 Å². The van der Waals surface area contributed by atoms with Gasteiger partial charge in [-0.2, -0.15) is 0 Å². The van der Waals surface area contributed by atoms with Crippen LogP contribution in [0.25, 0.3) is 0 Å². The second kappa shape index (κ2) is 5.65. The number of nitrogens with zero attached hydrogens (tertiary/aromatic N) is 1. The van der Waals surface area contributed by atoms with E-state index in [1.165, 1.54) is 16.0 Å². The van der Waals surface area contributed by atoms with Crippen molar-refractivity contribution in [3.05, 3.63) is 96.1 Å². The van der Waals surface area contributed by atoms with E-state index in [4.69, 9.17) is 4.84 Å². The molecule has 3 unspecified atom stereocenters. The first kappa shape index (κ1) is 15.1. The highest BCUT2D eigenvalue weighted by Gasteiger charge is 2.58. The largest absolute Gasteiger partial charge is 0.260 e. The minimum absolute atomic E-state index is 0.172. The number of fused-ring (bicyclic) bond motifs is 3. The highest BCUT2D eigenvalue weighted by Crippen LogP contribution is 2.60. The van der Waals surface area contributed by atoms with Crippen LogP contribution in [0.3, 0.4) is 0 Å². The standard InChI is InChI=1S/C22H19NOS/c1-22-18-14-8-9-15-19(18)25-21(22)20(16-10-4-2-5-11-16)23(24-22)17-12-6-3-7-13-17/h2-15,20-21H,1H3. The first-order valence-electron chi connectivity index (χ1n) is 8.62. The fourth-order valence-electron chi connectivity index (χ4n) is 3.98. The van der Waals surface area contributed by atoms with Gasteiger partial charge in [0.25, 0.3) is 0 Å². The van der Waals surface area contributed by atoms with E-state index in [0.29, 0.717) is 5.25 Å². The minimum Gasteiger partial charge on any atom is -0.260 e. The lowest BCUT2D eigenvalue weighted by Gasteiger charge is -2.28. The van der Waals surface area contributed by atoms with Crippen LogP contribution < -0.4 is 5.06 Å². The molecule has 0 amide bonds. The molecule has 0 saturated carbocycles. The fraction of sp³-hybridized carbons (Fsp3) is 0.182. The molecule has 124 valence electrons. The Kier molecular flexibility index (Phi) is 3.40. The molecule has 0 spiro atoms. The van der Waals surface area contributed by atoms with E-state index >= 15 is 0 Å². The third kappa shape index (κ3) is 2.23. The number of hydrogen-bond donors (Lipinski definition) is 0. The highest BCUT2D eigenvalue weighted by molar-refractivity contribution is 8.00. The molecule has 2 aliphatic heterocycles. The summed E-state index contributed by atoms with van der Waals surface area (Å²) in [6.07, 6.45) is 0. The molecule has 1 saturated heterocycles. The van der Waals surface area contributed by atoms with Gasteiger partial charge in [0.2, 0.25) is 0 Å². The highest BCUT2D eigenvalue weighted by atomic mass is 32.2. The van der Waals surface area contributed by atoms with Crippen molar-refractivity contribution in [1.29, 1.82) is 0 Å². The molecular formula is C22H19NOS. The van der Waals surface area contributed by atoms with Crippen LogP contribution in [0.4, 0.5) is 5.69 Å². The van der Waals surface area contributed by atoms with Crippen LogP contribution in [0.15, 0.2) is 89.8 Å². The molecule has 0 N–H and O–H groups in total. The van der Waals surface area contributed by atoms with Crippen molar-refractivity contribution in [3.63, 3.8) is 0 Å². The summed E-state index contributed by atoms with van der Waals surface area (Å²) in [5.74, 6) is 0. The molecule has 2 nitrogen and oxygen atoms in total. The Bertz CT molecular complexity index is 898. The second-order valence-corrected chi connectivity index (χ2v) is 7.93. The van der Waals surface area contributed by atoms with Crippen LogP contribution in [0.2, 0.25) is 0 Å². The van der Waals surface area contributed by atoms with Gasteiger partial charge in [-0.25, -0.2) is 5.06 Å². The zero-order valence-corrected chi connectivity index (χ0v) is 14.8. The number of benzene rings is 3. The molecule has 1 fully saturated rings. The summed E-state index contributed by atoms with van der Waals surface area (Å²) >= 11 is 1.94. The summed E-state index contributed by atoms with van der Waals surface area (Å²) in [5.41, 5.74) is 3.37. The summed E-state index contributed by atoms with van der Waals surface area (Å²) in [6, 6.07) is 29.9. The van der Waals surface area contributed by atoms with Crippen molar-refractivity contribution in [1.82, 2.24) is 0 Å². The monoisotopic (exact) mass is 345 g/mol. The number of para-hydroxylation sites is 1. The van der Waals surface area contributed by atoms with Crippen molar-refractivity contribution >= 4 is 17.4 Å². The molecule has 3 aromatic carbocycles. The quantitative estimate of drug-likeness (QED) is 0.602. The molecule has 2 aliphatic rings. The van der Waals surface area contributed by atoms with Gasteiger partial charge in [0.15, 0.2) is 0 Å². The molecule has 25 heavy (non-hydrogen) atoms. The zero-order valence-electron chi connectivity index (χ0n) is 14.0. The molecular weight excluding hydrogens is 326 g/mol. The first-order chi connectivity index (χ1) is 12.3. The Morgan fingerprint density at radius 2 is 1.48 bits per heavy atom. The lowest BCUT2D eigenvalue weighted by Crippen LogP contribution is -2.28. The molecule has 0 radical (unpaired) electrons. The van der Waals surface area contributed by atoms with E-state index in [1.54, 1.807) is 0 Å². The van der Waals surface area contributed by atoms with Gasteiger partial charge >= 0.3 is 0 Å². The van der Waals surface area contributed by atoms with Gasteiger partial charge in [0.1, 0.15) is 5.60 Å². The van der Waals surface area contributed by atoms with Gasteiger partial charge in [-0.3, -0.25) is 4.84 Å². The van der Waals surface area contributed by atoms with Crippen LogP contribution in [-0.2, 0) is 10.4 Å². The molecule has 5 rings (SSSR count). The number of hydroxylamine groups is 1. The molecule has 0 aliphatic carbocycles. The average Bonchev–Trinajstić information content (AvgIpc) is 3.12. The number of hydrogen-bond acceptors (Lipinski definition) is 3. The van der Waals surface area contributed by atoms with E-state index in [0.717, 1.165) is 5.69 Å². The van der Waals surface area contributed by atoms with Crippen LogP contribution >= 0.6 is 11.8 Å². The van der Waals surface area contributed by atoms with E-state index in [9.17, 15) is 0 Å². The van der Waals surface area contributed by atoms with Gasteiger partial charge in [0.05, 0.1) is 17.0 Å². The lowest BCUT2D eigenvalue weighted by molar-refractivity contribution is 0.000233. The summed E-state index contributed by atoms with van der Waals surface area (Å²) in [4.78, 5) is 8.00. The lowest BCUT2D eigenvalue weighted by atomic mass is 9.88. The fourth-order valence-corrected chi connectivity index (χ4v) is 5.60. The van der Waals surface area contributed by atoms with Crippen molar-refractivity contribution in [2.75, 3.05) is 5.06 Å². The molecule has 0 aromatic heterocycles. The van der Waals surface area contributed by atoms with E-state index in [1.807, 2.05) is 17.8 Å². The van der Waals surface area contributed by atoms with Crippen LogP contribution in [0.5, 0.6) is 0 Å². The molecule has 3 aromatic rings. The molecule has 3 heteroatoms. The van der Waals surface area contributed by atoms with Crippen molar-refractivity contribution in [2.45, 2.75) is 28.7 Å². The van der Waals surface area contributed by atoms with Gasteiger partial charge in [-0.15, -0.1) is 11.8 Å². The second-order valence-electron chi connectivity index (χ2n) is 6.75. The van der Waals surface area contributed by atoms with Gasteiger partial charge in [-0.1, -0.05) is 66.7 Å². The zero-order chi connectivity index (χ0) is 16.9. The third-order valence-electron chi connectivity index (χ3n) is 5.20. The van der Waals surface area contributed by atoms with Crippen molar-refractivity contribution in [2.24, 2.45) is 0 Å². The Morgan fingerprint density at radius 3 is 2.24 bits per heavy atom. The predicted molar refractivity (Wildman–Crippen MR) is 103 cm³/mol. The van der Waals surface area contributed by atoms with Crippen LogP contribution in [0.1, 0.15) is 24.1 Å². The van der Waals surface area contributed by atoms with Crippen LogP contribution in [-0.4, -0.2) is 5.25 Å². The van der Waals surface area contributed by atoms with Crippen molar-refractivity contribution in [3.8, 4) is 0 Å². The summed E-state index contributed by atoms with van der Waals surface area (Å²) in [5, 5.41) is 2.43. The summed E-state index contributed by atoms with van der Waals surface area (Å²) < 4.78 is 0. The summed E-state index contributed by atoms with van der Waals surface area (Å²) in [6.45, 7) is 2.23. The molecule has 3 atom stereocenters. The predicted octanol–water partition coefficient (Wildman–Crippen LogP) is 5.57. The maximum atomic E-state index is 6.66. The van der Waals surface area contributed by atoms with Gasteiger partial charge in [-0.05, 0) is 30.7 Å². The minimum atomic E-state index is -0.322. The SMILES string of the molecule is CC12ON(c3ccccc3)C(c3ccccc3)C1Sc1ccccc12. The van der Waals surface area contributed by atoms with Crippen LogP contribution in [0, 0.1) is 0 Å².